The van der Waals surface area contributed by atoms with E-state index >= 15 is 0 Å². The van der Waals surface area contributed by atoms with Crippen molar-refractivity contribution in [2.75, 3.05) is 25.6 Å². The molecule has 2 amide bonds. The highest BCUT2D eigenvalue weighted by Gasteiger charge is 2.35. The van der Waals surface area contributed by atoms with Crippen molar-refractivity contribution in [2.24, 2.45) is 4.99 Å². The van der Waals surface area contributed by atoms with Gasteiger partial charge in [0.25, 0.3) is 0 Å². The number of anilines is 1. The zero-order chi connectivity index (χ0) is 22.2. The number of rotatable bonds is 8. The normalized spacial score (nSPS) is 17.5. The maximum Gasteiger partial charge on any atom is 0.238 e. The Bertz CT molecular complexity index is 946. The molecule has 0 radical (unpaired) electrons. The smallest absolute Gasteiger partial charge is 0.238 e. The number of carbonyl (C=O) groups is 2. The van der Waals surface area contributed by atoms with E-state index in [2.05, 4.69) is 10.3 Å². The molecule has 7 nitrogen and oxygen atoms in total. The quantitative estimate of drug-likeness (QED) is 0.654. The topological polar surface area (TPSA) is 80.2 Å². The van der Waals surface area contributed by atoms with Gasteiger partial charge in [0, 0.05) is 18.7 Å². The third-order valence-corrected chi connectivity index (χ3v) is 5.83. The standard InChI is InChI=1S/C23H27N3O4S/c1-4-14-30-17-12-10-16(11-13-17)24-22(28)20-15-21(27)26(5-2)23(31-20)25-18-8-6-7-9-19(18)29-3/h6-13,20H,4-5,14-15H2,1-3H3,(H,24,28). The minimum Gasteiger partial charge on any atom is -0.494 e. The zero-order valence-corrected chi connectivity index (χ0v) is 18.8. The fraction of sp³-hybridized carbons (Fsp3) is 0.348. The number of nitrogens with one attached hydrogen (secondary N) is 1. The van der Waals surface area contributed by atoms with Gasteiger partial charge in [0.15, 0.2) is 5.17 Å². The van der Waals surface area contributed by atoms with Gasteiger partial charge in [-0.2, -0.15) is 0 Å². The number of amides is 2. The van der Waals surface area contributed by atoms with E-state index < -0.39 is 5.25 Å². The summed E-state index contributed by atoms with van der Waals surface area (Å²) in [5, 5.41) is 2.81. The molecule has 0 spiro atoms. The van der Waals surface area contributed by atoms with Crippen LogP contribution in [0, 0.1) is 0 Å². The van der Waals surface area contributed by atoms with Gasteiger partial charge in [0.2, 0.25) is 11.8 Å². The summed E-state index contributed by atoms with van der Waals surface area (Å²) in [4.78, 5) is 31.8. The summed E-state index contributed by atoms with van der Waals surface area (Å²) in [7, 11) is 1.57. The van der Waals surface area contributed by atoms with E-state index in [1.165, 1.54) is 11.8 Å². The third-order valence-electron chi connectivity index (χ3n) is 4.64. The number of para-hydroxylation sites is 2. The largest absolute Gasteiger partial charge is 0.494 e. The molecule has 1 heterocycles. The van der Waals surface area contributed by atoms with Crippen molar-refractivity contribution < 1.29 is 19.1 Å². The van der Waals surface area contributed by atoms with Crippen molar-refractivity contribution in [2.45, 2.75) is 31.9 Å². The molecular formula is C23H27N3O4S. The molecule has 0 saturated carbocycles. The Morgan fingerprint density at radius 1 is 1.19 bits per heavy atom. The molecule has 1 aliphatic heterocycles. The zero-order valence-electron chi connectivity index (χ0n) is 18.0. The molecule has 0 aromatic heterocycles. The maximum absolute atomic E-state index is 12.9. The molecule has 31 heavy (non-hydrogen) atoms. The number of nitrogens with zero attached hydrogens (tertiary/aromatic N) is 2. The second-order valence-electron chi connectivity index (χ2n) is 6.88. The molecule has 1 N–H and O–H groups in total. The Morgan fingerprint density at radius 2 is 1.94 bits per heavy atom. The second kappa shape index (κ2) is 10.9. The van der Waals surface area contributed by atoms with Crippen molar-refractivity contribution >= 4 is 40.1 Å². The number of thioether (sulfide) groups is 1. The van der Waals surface area contributed by atoms with Crippen LogP contribution in [0.25, 0.3) is 0 Å². The van der Waals surface area contributed by atoms with Crippen LogP contribution < -0.4 is 14.8 Å². The van der Waals surface area contributed by atoms with Gasteiger partial charge in [0.05, 0.1) is 13.7 Å². The number of benzene rings is 2. The van der Waals surface area contributed by atoms with Gasteiger partial charge in [-0.25, -0.2) is 4.99 Å². The van der Waals surface area contributed by atoms with Crippen molar-refractivity contribution in [1.82, 2.24) is 4.90 Å². The van der Waals surface area contributed by atoms with Crippen LogP contribution in [0.1, 0.15) is 26.7 Å². The molecule has 0 aliphatic carbocycles. The van der Waals surface area contributed by atoms with Gasteiger partial charge < -0.3 is 14.8 Å². The van der Waals surface area contributed by atoms with Gasteiger partial charge in [-0.1, -0.05) is 30.8 Å². The molecule has 1 fully saturated rings. The number of hydrogen-bond donors (Lipinski definition) is 1. The number of methoxy groups -OCH3 is 1. The molecule has 1 atom stereocenters. The lowest BCUT2D eigenvalue weighted by Crippen LogP contribution is -2.45. The van der Waals surface area contributed by atoms with Gasteiger partial charge in [-0.3, -0.25) is 14.5 Å². The number of amidine groups is 1. The lowest BCUT2D eigenvalue weighted by Gasteiger charge is -2.31. The highest BCUT2D eigenvalue weighted by molar-refractivity contribution is 8.15. The van der Waals surface area contributed by atoms with Crippen LogP contribution in [0.3, 0.4) is 0 Å². The van der Waals surface area contributed by atoms with Crippen LogP contribution in [-0.4, -0.2) is 47.4 Å². The monoisotopic (exact) mass is 441 g/mol. The summed E-state index contributed by atoms with van der Waals surface area (Å²) in [6.07, 6.45) is 1.05. The Labute approximate surface area is 186 Å². The minimum absolute atomic E-state index is 0.118. The SMILES string of the molecule is CCCOc1ccc(NC(=O)C2CC(=O)N(CC)C(=Nc3ccccc3OC)S2)cc1. The Kier molecular flexibility index (Phi) is 7.94. The molecule has 0 bridgehead atoms. The molecule has 2 aromatic carbocycles. The van der Waals surface area contributed by atoms with E-state index in [-0.39, 0.29) is 18.2 Å². The van der Waals surface area contributed by atoms with E-state index in [0.29, 0.717) is 35.4 Å². The van der Waals surface area contributed by atoms with E-state index in [1.54, 1.807) is 24.1 Å². The summed E-state index contributed by atoms with van der Waals surface area (Å²) < 4.78 is 10.9. The summed E-state index contributed by atoms with van der Waals surface area (Å²) in [6, 6.07) is 14.6. The fourth-order valence-electron chi connectivity index (χ4n) is 3.05. The van der Waals surface area contributed by atoms with Gasteiger partial charge in [-0.05, 0) is 49.7 Å². The van der Waals surface area contributed by atoms with Gasteiger partial charge in [0.1, 0.15) is 22.4 Å². The van der Waals surface area contributed by atoms with Crippen LogP contribution in [0.15, 0.2) is 53.5 Å². The van der Waals surface area contributed by atoms with E-state index in [0.717, 1.165) is 12.2 Å². The number of ether oxygens (including phenoxy) is 2. The highest BCUT2D eigenvalue weighted by atomic mass is 32.2. The van der Waals surface area contributed by atoms with E-state index in [1.807, 2.05) is 50.2 Å². The van der Waals surface area contributed by atoms with Crippen molar-refractivity contribution in [3.63, 3.8) is 0 Å². The molecule has 2 aromatic rings. The second-order valence-corrected chi connectivity index (χ2v) is 8.05. The van der Waals surface area contributed by atoms with E-state index in [9.17, 15) is 9.59 Å². The summed E-state index contributed by atoms with van der Waals surface area (Å²) in [5.41, 5.74) is 1.27. The maximum atomic E-state index is 12.9. The van der Waals surface area contributed by atoms with Crippen molar-refractivity contribution in [3.05, 3.63) is 48.5 Å². The van der Waals surface area contributed by atoms with Crippen LogP contribution in [0.2, 0.25) is 0 Å². The fourth-order valence-corrected chi connectivity index (χ4v) is 4.21. The first-order chi connectivity index (χ1) is 15.0. The molecular weight excluding hydrogens is 414 g/mol. The molecule has 1 unspecified atom stereocenters. The average molecular weight is 442 g/mol. The van der Waals surface area contributed by atoms with Crippen molar-refractivity contribution in [3.8, 4) is 11.5 Å². The predicted molar refractivity (Wildman–Crippen MR) is 124 cm³/mol. The lowest BCUT2D eigenvalue weighted by atomic mass is 10.2. The summed E-state index contributed by atoms with van der Waals surface area (Å²) >= 11 is 1.29. The first-order valence-electron chi connectivity index (χ1n) is 10.3. The van der Waals surface area contributed by atoms with Crippen LogP contribution in [-0.2, 0) is 9.59 Å². The van der Waals surface area contributed by atoms with Crippen molar-refractivity contribution in [1.29, 1.82) is 0 Å². The average Bonchev–Trinajstić information content (AvgIpc) is 2.78. The Balaban J connectivity index is 1.75. The third kappa shape index (κ3) is 5.79. The van der Waals surface area contributed by atoms with E-state index in [4.69, 9.17) is 9.47 Å². The predicted octanol–water partition coefficient (Wildman–Crippen LogP) is 4.46. The van der Waals surface area contributed by atoms with Crippen LogP contribution in [0.5, 0.6) is 11.5 Å². The molecule has 8 heteroatoms. The van der Waals surface area contributed by atoms with Gasteiger partial charge >= 0.3 is 0 Å². The van der Waals surface area contributed by atoms with Crippen LogP contribution in [0.4, 0.5) is 11.4 Å². The van der Waals surface area contributed by atoms with Gasteiger partial charge in [-0.15, -0.1) is 0 Å². The lowest BCUT2D eigenvalue weighted by molar-refractivity contribution is -0.129. The Morgan fingerprint density at radius 3 is 2.61 bits per heavy atom. The summed E-state index contributed by atoms with van der Waals surface area (Å²) in [5.74, 6) is 1.00. The number of hydrogen-bond acceptors (Lipinski definition) is 6. The van der Waals surface area contributed by atoms with Crippen LogP contribution >= 0.6 is 11.8 Å². The number of aliphatic imine (C=N–C) groups is 1. The summed E-state index contributed by atoms with van der Waals surface area (Å²) in [6.45, 7) is 5.06. The molecule has 3 rings (SSSR count). The Hall–Kier alpha value is -3.00. The molecule has 1 aliphatic rings. The first-order valence-corrected chi connectivity index (χ1v) is 11.2. The molecule has 1 saturated heterocycles. The highest BCUT2D eigenvalue weighted by Crippen LogP contribution is 2.33. The first kappa shape index (κ1) is 22.7. The molecule has 164 valence electrons. The number of carbonyl (C=O) groups excluding carboxylic acids is 2. The minimum atomic E-state index is -0.570.